The summed E-state index contributed by atoms with van der Waals surface area (Å²) in [6.45, 7) is 0. The Labute approximate surface area is 140 Å². The molecule has 0 saturated carbocycles. The molecule has 1 atom stereocenters. The molecule has 0 N–H and O–H groups in total. The number of halogens is 4. The van der Waals surface area contributed by atoms with Crippen LogP contribution in [0.5, 0.6) is 0 Å². The number of aromatic nitrogens is 1. The monoisotopic (exact) mass is 391 g/mol. The first-order valence-corrected chi connectivity index (χ1v) is 7.64. The van der Waals surface area contributed by atoms with Crippen LogP contribution in [0.2, 0.25) is 15.2 Å². The second-order valence-electron chi connectivity index (χ2n) is 4.19. The van der Waals surface area contributed by atoms with E-state index in [4.69, 9.17) is 34.8 Å². The van der Waals surface area contributed by atoms with E-state index in [-0.39, 0.29) is 0 Å². The summed E-state index contributed by atoms with van der Waals surface area (Å²) in [5.41, 5.74) is 1.46. The number of hydrogen-bond acceptors (Lipinski definition) is 2. The third-order valence-electron chi connectivity index (χ3n) is 2.87. The highest BCUT2D eigenvalue weighted by Crippen LogP contribution is 2.32. The van der Waals surface area contributed by atoms with Gasteiger partial charge in [0, 0.05) is 22.2 Å². The van der Waals surface area contributed by atoms with Crippen LogP contribution in [0, 0.1) is 0 Å². The van der Waals surface area contributed by atoms with Crippen LogP contribution in [0.4, 0.5) is 0 Å². The Morgan fingerprint density at radius 3 is 2.75 bits per heavy atom. The first-order valence-electron chi connectivity index (χ1n) is 5.72. The van der Waals surface area contributed by atoms with Gasteiger partial charge in [0.15, 0.2) is 0 Å². The molecule has 1 heterocycles. The van der Waals surface area contributed by atoms with Crippen molar-refractivity contribution in [3.8, 4) is 0 Å². The summed E-state index contributed by atoms with van der Waals surface area (Å²) in [6, 6.07) is 7.13. The average Bonchev–Trinajstić information content (AvgIpc) is 2.43. The van der Waals surface area contributed by atoms with E-state index in [9.17, 15) is 4.79 Å². The second kappa shape index (κ2) is 6.90. The van der Waals surface area contributed by atoms with E-state index in [0.717, 1.165) is 16.3 Å². The minimum absolute atomic E-state index is 0.309. The van der Waals surface area contributed by atoms with Gasteiger partial charge in [0.2, 0.25) is 0 Å². The quantitative estimate of drug-likeness (QED) is 0.519. The number of carbonyl (C=O) groups excluding carboxylic acids is 1. The minimum Gasteiger partial charge on any atom is -0.303 e. The summed E-state index contributed by atoms with van der Waals surface area (Å²) in [6.07, 6.45) is 2.84. The largest absolute Gasteiger partial charge is 0.303 e. The molecule has 0 radical (unpaired) electrons. The van der Waals surface area contributed by atoms with Crippen LogP contribution in [0.1, 0.15) is 17.0 Å². The Hall–Kier alpha value is -0.610. The van der Waals surface area contributed by atoms with Crippen molar-refractivity contribution in [3.63, 3.8) is 0 Å². The summed E-state index contributed by atoms with van der Waals surface area (Å²) < 4.78 is 0.765. The highest BCUT2D eigenvalue weighted by Gasteiger charge is 2.18. The van der Waals surface area contributed by atoms with Gasteiger partial charge in [-0.15, -0.1) is 0 Å². The molecule has 0 saturated heterocycles. The molecular weight excluding hydrogens is 384 g/mol. The molecular formula is C14H9BrCl3NO. The van der Waals surface area contributed by atoms with E-state index in [1.807, 2.05) is 6.07 Å². The van der Waals surface area contributed by atoms with Crippen molar-refractivity contribution in [1.29, 1.82) is 0 Å². The van der Waals surface area contributed by atoms with E-state index in [0.29, 0.717) is 27.2 Å². The van der Waals surface area contributed by atoms with Gasteiger partial charge in [-0.3, -0.25) is 0 Å². The number of rotatable bonds is 4. The average molecular weight is 393 g/mol. The van der Waals surface area contributed by atoms with Crippen LogP contribution < -0.4 is 0 Å². The van der Waals surface area contributed by atoms with Crippen molar-refractivity contribution in [2.24, 2.45) is 0 Å². The minimum atomic E-state index is -0.427. The summed E-state index contributed by atoms with van der Waals surface area (Å²) in [5, 5.41) is 1.23. The summed E-state index contributed by atoms with van der Waals surface area (Å²) in [5.74, 6) is -0.427. The first kappa shape index (κ1) is 15.8. The molecule has 0 fully saturated rings. The fraction of sp³-hybridized carbons (Fsp3) is 0.143. The van der Waals surface area contributed by atoms with Crippen LogP contribution in [0.3, 0.4) is 0 Å². The van der Waals surface area contributed by atoms with Crippen molar-refractivity contribution in [1.82, 2.24) is 4.98 Å². The standard InChI is InChI=1S/C14H9BrCl3NO/c15-10-5-11(14(18)19-6-10)9(7-20)4-8-2-1-3-12(16)13(8)17/h1-3,5-7,9H,4H2. The van der Waals surface area contributed by atoms with Crippen molar-refractivity contribution in [2.75, 3.05) is 0 Å². The van der Waals surface area contributed by atoms with Gasteiger partial charge in [-0.1, -0.05) is 46.9 Å². The van der Waals surface area contributed by atoms with Crippen LogP contribution in [-0.2, 0) is 11.2 Å². The van der Waals surface area contributed by atoms with Crippen molar-refractivity contribution in [2.45, 2.75) is 12.3 Å². The third kappa shape index (κ3) is 3.53. The highest BCUT2D eigenvalue weighted by atomic mass is 79.9. The molecule has 6 heteroatoms. The van der Waals surface area contributed by atoms with E-state index in [1.54, 1.807) is 24.4 Å². The lowest BCUT2D eigenvalue weighted by Crippen LogP contribution is -2.06. The number of nitrogens with zero attached hydrogens (tertiary/aromatic N) is 1. The number of pyridine rings is 1. The van der Waals surface area contributed by atoms with E-state index in [1.165, 1.54) is 0 Å². The van der Waals surface area contributed by atoms with Crippen molar-refractivity contribution < 1.29 is 4.79 Å². The third-order valence-corrected chi connectivity index (χ3v) is 4.48. The zero-order valence-corrected chi connectivity index (χ0v) is 14.0. The molecule has 20 heavy (non-hydrogen) atoms. The lowest BCUT2D eigenvalue weighted by Gasteiger charge is -2.14. The molecule has 1 aromatic heterocycles. The second-order valence-corrected chi connectivity index (χ2v) is 6.25. The molecule has 0 aliphatic rings. The van der Waals surface area contributed by atoms with Gasteiger partial charge in [-0.05, 0) is 40.0 Å². The van der Waals surface area contributed by atoms with E-state index in [2.05, 4.69) is 20.9 Å². The van der Waals surface area contributed by atoms with Gasteiger partial charge < -0.3 is 4.79 Å². The maximum absolute atomic E-state index is 11.4. The van der Waals surface area contributed by atoms with Gasteiger partial charge in [0.05, 0.1) is 10.0 Å². The number of aldehydes is 1. The van der Waals surface area contributed by atoms with Crippen LogP contribution in [0.25, 0.3) is 0 Å². The Morgan fingerprint density at radius 2 is 2.05 bits per heavy atom. The number of carbonyl (C=O) groups is 1. The Morgan fingerprint density at radius 1 is 1.30 bits per heavy atom. The molecule has 2 rings (SSSR count). The molecule has 0 aliphatic carbocycles. The topological polar surface area (TPSA) is 30.0 Å². The molecule has 0 amide bonds. The number of hydrogen-bond donors (Lipinski definition) is 0. The molecule has 0 spiro atoms. The summed E-state index contributed by atoms with van der Waals surface area (Å²) in [7, 11) is 0. The molecule has 104 valence electrons. The molecule has 0 aliphatic heterocycles. The van der Waals surface area contributed by atoms with Gasteiger partial charge in [-0.2, -0.15) is 0 Å². The fourth-order valence-electron chi connectivity index (χ4n) is 1.87. The van der Waals surface area contributed by atoms with E-state index < -0.39 is 5.92 Å². The highest BCUT2D eigenvalue weighted by molar-refractivity contribution is 9.10. The Balaban J connectivity index is 2.36. The van der Waals surface area contributed by atoms with Gasteiger partial charge in [0.25, 0.3) is 0 Å². The molecule has 1 aromatic carbocycles. The van der Waals surface area contributed by atoms with Gasteiger partial charge >= 0.3 is 0 Å². The smallest absolute Gasteiger partial charge is 0.133 e. The Kier molecular flexibility index (Phi) is 5.44. The molecule has 2 aromatic rings. The van der Waals surface area contributed by atoms with Gasteiger partial charge in [0.1, 0.15) is 11.4 Å². The fourth-order valence-corrected chi connectivity index (χ4v) is 2.86. The van der Waals surface area contributed by atoms with E-state index >= 15 is 0 Å². The lowest BCUT2D eigenvalue weighted by molar-refractivity contribution is -0.109. The maximum Gasteiger partial charge on any atom is 0.133 e. The number of benzene rings is 1. The van der Waals surface area contributed by atoms with Crippen molar-refractivity contribution in [3.05, 3.63) is 61.3 Å². The maximum atomic E-state index is 11.4. The predicted molar refractivity (Wildman–Crippen MR) is 85.9 cm³/mol. The SMILES string of the molecule is O=CC(Cc1cccc(Cl)c1Cl)c1cc(Br)cnc1Cl. The van der Waals surface area contributed by atoms with Crippen molar-refractivity contribution >= 4 is 57.0 Å². The van der Waals surface area contributed by atoms with Crippen LogP contribution in [0.15, 0.2) is 34.9 Å². The predicted octanol–water partition coefficient (Wildman–Crippen LogP) is 5.33. The normalized spacial score (nSPS) is 12.2. The van der Waals surface area contributed by atoms with Gasteiger partial charge in [-0.25, -0.2) is 4.98 Å². The zero-order chi connectivity index (χ0) is 14.7. The molecule has 0 bridgehead atoms. The summed E-state index contributed by atoms with van der Waals surface area (Å²) >= 11 is 21.5. The van der Waals surface area contributed by atoms with Crippen LogP contribution in [-0.4, -0.2) is 11.3 Å². The van der Waals surface area contributed by atoms with Crippen LogP contribution >= 0.6 is 50.7 Å². The zero-order valence-electron chi connectivity index (χ0n) is 10.1. The summed E-state index contributed by atoms with van der Waals surface area (Å²) in [4.78, 5) is 15.4. The first-order chi connectivity index (χ1) is 9.52. The lowest BCUT2D eigenvalue weighted by atomic mass is 9.94. The Bertz CT molecular complexity index is 648. The molecule has 2 nitrogen and oxygen atoms in total. The molecule has 1 unspecified atom stereocenters.